The number of anilines is 1. The van der Waals surface area contributed by atoms with Gasteiger partial charge in [-0.05, 0) is 18.1 Å². The van der Waals surface area contributed by atoms with E-state index in [0.29, 0.717) is 28.1 Å². The molecule has 0 aliphatic carbocycles. The maximum absolute atomic E-state index is 12.3. The largest absolute Gasteiger partial charge is 0.497 e. The Hall–Kier alpha value is -2.15. The fraction of sp³-hybridized carbons (Fsp3) is 0.400. The van der Waals surface area contributed by atoms with Gasteiger partial charge in [0.1, 0.15) is 16.5 Å². The van der Waals surface area contributed by atoms with Gasteiger partial charge in [-0.15, -0.1) is 10.2 Å². The van der Waals surface area contributed by atoms with Crippen molar-refractivity contribution in [1.29, 1.82) is 0 Å². The predicted octanol–water partition coefficient (Wildman–Crippen LogP) is 3.01. The number of hydrogen-bond donors (Lipinski definition) is 1. The van der Waals surface area contributed by atoms with Crippen molar-refractivity contribution >= 4 is 22.4 Å². The van der Waals surface area contributed by atoms with E-state index in [4.69, 9.17) is 9.47 Å². The molecule has 6 nitrogen and oxygen atoms in total. The van der Waals surface area contributed by atoms with E-state index in [9.17, 15) is 4.79 Å². The van der Waals surface area contributed by atoms with Crippen LogP contribution in [0.25, 0.3) is 0 Å². The van der Waals surface area contributed by atoms with Gasteiger partial charge in [-0.25, -0.2) is 0 Å². The standard InChI is InChI=1S/C15H19N3O3S/c1-9(2)7-13-17-18-15(22-13)16-14(19)11-6-5-10(20-3)8-12(11)21-4/h5-6,8-9H,7H2,1-4H3,(H,16,18,19). The van der Waals surface area contributed by atoms with Crippen LogP contribution in [-0.2, 0) is 6.42 Å². The molecule has 0 saturated carbocycles. The SMILES string of the molecule is COc1ccc(C(=O)Nc2nnc(CC(C)C)s2)c(OC)c1. The van der Waals surface area contributed by atoms with E-state index < -0.39 is 0 Å². The minimum absolute atomic E-state index is 0.285. The van der Waals surface area contributed by atoms with Crippen LogP contribution in [0.4, 0.5) is 5.13 Å². The second-order valence-electron chi connectivity index (χ2n) is 5.12. The van der Waals surface area contributed by atoms with Crippen LogP contribution in [-0.4, -0.2) is 30.3 Å². The lowest BCUT2D eigenvalue weighted by molar-refractivity contribution is 0.102. The summed E-state index contributed by atoms with van der Waals surface area (Å²) < 4.78 is 10.3. The molecule has 1 aromatic carbocycles. The van der Waals surface area contributed by atoms with Crippen molar-refractivity contribution < 1.29 is 14.3 Å². The van der Waals surface area contributed by atoms with Gasteiger partial charge in [0.15, 0.2) is 0 Å². The van der Waals surface area contributed by atoms with Crippen molar-refractivity contribution in [1.82, 2.24) is 10.2 Å². The number of amides is 1. The average Bonchev–Trinajstić information content (AvgIpc) is 2.92. The average molecular weight is 321 g/mol. The lowest BCUT2D eigenvalue weighted by Crippen LogP contribution is -2.13. The van der Waals surface area contributed by atoms with Crippen LogP contribution in [0.15, 0.2) is 18.2 Å². The molecule has 0 aliphatic heterocycles. The third kappa shape index (κ3) is 3.94. The van der Waals surface area contributed by atoms with E-state index in [0.717, 1.165) is 11.4 Å². The van der Waals surface area contributed by atoms with E-state index >= 15 is 0 Å². The summed E-state index contributed by atoms with van der Waals surface area (Å²) in [7, 11) is 3.07. The number of carbonyl (C=O) groups is 1. The molecule has 0 fully saturated rings. The summed E-state index contributed by atoms with van der Waals surface area (Å²) in [6, 6.07) is 5.03. The third-order valence-corrected chi connectivity index (χ3v) is 3.78. The first kappa shape index (κ1) is 16.2. The molecule has 22 heavy (non-hydrogen) atoms. The Balaban J connectivity index is 2.13. The highest BCUT2D eigenvalue weighted by molar-refractivity contribution is 7.15. The molecule has 2 rings (SSSR count). The van der Waals surface area contributed by atoms with Gasteiger partial charge in [0, 0.05) is 12.5 Å². The number of nitrogens with zero attached hydrogens (tertiary/aromatic N) is 2. The number of rotatable bonds is 6. The van der Waals surface area contributed by atoms with E-state index in [-0.39, 0.29) is 5.91 Å². The number of benzene rings is 1. The van der Waals surface area contributed by atoms with E-state index in [1.165, 1.54) is 18.4 Å². The maximum atomic E-state index is 12.3. The summed E-state index contributed by atoms with van der Waals surface area (Å²) in [6.07, 6.45) is 0.847. The molecule has 7 heteroatoms. The van der Waals surface area contributed by atoms with Crippen LogP contribution in [0.2, 0.25) is 0 Å². The Morgan fingerprint density at radius 3 is 2.68 bits per heavy atom. The third-order valence-electron chi connectivity index (χ3n) is 2.92. The van der Waals surface area contributed by atoms with Gasteiger partial charge in [-0.1, -0.05) is 25.2 Å². The summed E-state index contributed by atoms with van der Waals surface area (Å²) in [4.78, 5) is 12.3. The number of aromatic nitrogens is 2. The van der Waals surface area contributed by atoms with Crippen LogP contribution < -0.4 is 14.8 Å². The zero-order chi connectivity index (χ0) is 16.1. The van der Waals surface area contributed by atoms with Gasteiger partial charge in [0.2, 0.25) is 5.13 Å². The van der Waals surface area contributed by atoms with Crippen molar-refractivity contribution in [3.8, 4) is 11.5 Å². The molecule has 1 aromatic heterocycles. The first-order chi connectivity index (χ1) is 10.5. The molecule has 0 atom stereocenters. The van der Waals surface area contributed by atoms with Crippen molar-refractivity contribution in [2.45, 2.75) is 20.3 Å². The van der Waals surface area contributed by atoms with Crippen LogP contribution in [0.3, 0.4) is 0 Å². The van der Waals surface area contributed by atoms with Crippen LogP contribution in [0.1, 0.15) is 29.2 Å². The van der Waals surface area contributed by atoms with Gasteiger partial charge in [0.05, 0.1) is 19.8 Å². The molecule has 1 amide bonds. The number of ether oxygens (including phenoxy) is 2. The van der Waals surface area contributed by atoms with Gasteiger partial charge in [-0.2, -0.15) is 0 Å². The number of carbonyl (C=O) groups excluding carboxylic acids is 1. The molecular weight excluding hydrogens is 302 g/mol. The molecule has 0 aliphatic rings. The Kier molecular flexibility index (Phi) is 5.32. The predicted molar refractivity (Wildman–Crippen MR) is 86.0 cm³/mol. The van der Waals surface area contributed by atoms with Gasteiger partial charge in [-0.3, -0.25) is 10.1 Å². The molecule has 0 radical (unpaired) electrons. The Morgan fingerprint density at radius 1 is 1.27 bits per heavy atom. The fourth-order valence-corrected chi connectivity index (χ4v) is 2.83. The number of nitrogens with one attached hydrogen (secondary N) is 1. The smallest absolute Gasteiger partial charge is 0.261 e. The summed E-state index contributed by atoms with van der Waals surface area (Å²) >= 11 is 1.39. The summed E-state index contributed by atoms with van der Waals surface area (Å²) in [6.45, 7) is 4.23. The fourth-order valence-electron chi connectivity index (χ4n) is 1.89. The van der Waals surface area contributed by atoms with Gasteiger partial charge >= 0.3 is 0 Å². The summed E-state index contributed by atoms with van der Waals surface area (Å²) in [5.41, 5.74) is 0.420. The summed E-state index contributed by atoms with van der Waals surface area (Å²) in [5.74, 6) is 1.29. The topological polar surface area (TPSA) is 73.3 Å². The van der Waals surface area contributed by atoms with E-state index in [1.54, 1.807) is 25.3 Å². The zero-order valence-electron chi connectivity index (χ0n) is 13.0. The molecule has 0 spiro atoms. The van der Waals surface area contributed by atoms with Crippen molar-refractivity contribution in [2.24, 2.45) is 5.92 Å². The lowest BCUT2D eigenvalue weighted by Gasteiger charge is -2.09. The highest BCUT2D eigenvalue weighted by atomic mass is 32.1. The first-order valence-corrected chi connectivity index (χ1v) is 7.71. The van der Waals surface area contributed by atoms with Crippen LogP contribution in [0, 0.1) is 5.92 Å². The van der Waals surface area contributed by atoms with Crippen LogP contribution >= 0.6 is 11.3 Å². The Labute approximate surface area is 133 Å². The molecule has 118 valence electrons. The van der Waals surface area contributed by atoms with Crippen molar-refractivity contribution in [3.63, 3.8) is 0 Å². The minimum Gasteiger partial charge on any atom is -0.497 e. The summed E-state index contributed by atoms with van der Waals surface area (Å²) in [5, 5.41) is 12.2. The molecule has 1 heterocycles. The molecule has 2 aromatic rings. The monoisotopic (exact) mass is 321 g/mol. The van der Waals surface area contributed by atoms with Crippen LogP contribution in [0.5, 0.6) is 11.5 Å². The zero-order valence-corrected chi connectivity index (χ0v) is 13.9. The van der Waals surface area contributed by atoms with E-state index in [2.05, 4.69) is 29.4 Å². The molecule has 0 bridgehead atoms. The maximum Gasteiger partial charge on any atom is 0.261 e. The Bertz CT molecular complexity index is 655. The number of methoxy groups -OCH3 is 2. The van der Waals surface area contributed by atoms with Crippen molar-refractivity contribution in [2.75, 3.05) is 19.5 Å². The van der Waals surface area contributed by atoms with Gasteiger partial charge in [0.25, 0.3) is 5.91 Å². The second-order valence-corrected chi connectivity index (χ2v) is 6.18. The first-order valence-electron chi connectivity index (χ1n) is 6.89. The minimum atomic E-state index is -0.285. The molecule has 0 saturated heterocycles. The highest BCUT2D eigenvalue weighted by Gasteiger charge is 2.15. The number of hydrogen-bond acceptors (Lipinski definition) is 6. The van der Waals surface area contributed by atoms with E-state index in [1.807, 2.05) is 0 Å². The second kappa shape index (κ2) is 7.22. The molecule has 0 unspecified atom stereocenters. The molecular formula is C15H19N3O3S. The quantitative estimate of drug-likeness (QED) is 0.885. The lowest BCUT2D eigenvalue weighted by atomic mass is 10.1. The molecule has 1 N–H and O–H groups in total. The van der Waals surface area contributed by atoms with Gasteiger partial charge < -0.3 is 9.47 Å². The Morgan fingerprint density at radius 2 is 2.05 bits per heavy atom. The normalized spacial score (nSPS) is 10.6. The van der Waals surface area contributed by atoms with Crippen molar-refractivity contribution in [3.05, 3.63) is 28.8 Å². The highest BCUT2D eigenvalue weighted by Crippen LogP contribution is 2.26.